The predicted molar refractivity (Wildman–Crippen MR) is 145 cm³/mol. The van der Waals surface area contributed by atoms with Gasteiger partial charge < -0.3 is 15.4 Å². The van der Waals surface area contributed by atoms with Crippen LogP contribution in [0.3, 0.4) is 0 Å². The number of carbonyl (C=O) groups is 2. The first kappa shape index (κ1) is 27.9. The monoisotopic (exact) mass is 579 g/mol. The van der Waals surface area contributed by atoms with Crippen molar-refractivity contribution in [2.24, 2.45) is 5.41 Å². The minimum atomic E-state index is -3.13. The van der Waals surface area contributed by atoms with E-state index in [-0.39, 0.29) is 50.6 Å². The summed E-state index contributed by atoms with van der Waals surface area (Å²) in [5, 5.41) is 10.6. The minimum Gasteiger partial charge on any atom is -0.471 e. The summed E-state index contributed by atoms with van der Waals surface area (Å²) in [5.41, 5.74) is 0.907. The summed E-state index contributed by atoms with van der Waals surface area (Å²) in [6.07, 6.45) is 0.917. The van der Waals surface area contributed by atoms with Gasteiger partial charge in [-0.3, -0.25) is 9.59 Å². The zero-order valence-corrected chi connectivity index (χ0v) is 23.5. The number of carbonyl (C=O) groups excluding carboxylic acids is 2. The number of pyridine rings is 1. The van der Waals surface area contributed by atoms with Gasteiger partial charge in [0.05, 0.1) is 27.8 Å². The Morgan fingerprint density at radius 3 is 2.50 bits per heavy atom. The average molecular weight is 580 g/mol. The van der Waals surface area contributed by atoms with Crippen LogP contribution in [0.2, 0.25) is 10.0 Å². The highest BCUT2D eigenvalue weighted by Gasteiger charge is 2.36. The van der Waals surface area contributed by atoms with Crippen LogP contribution in [0, 0.1) is 12.3 Å². The fourth-order valence-electron chi connectivity index (χ4n) is 3.74. The zero-order valence-electron chi connectivity index (χ0n) is 21.2. The lowest BCUT2D eigenvalue weighted by Gasteiger charge is -2.25. The third kappa shape index (κ3) is 6.46. The highest BCUT2D eigenvalue weighted by Crippen LogP contribution is 2.29. The molecule has 0 unspecified atom stereocenters. The Balaban J connectivity index is 1.68. The molecule has 13 heteroatoms. The molecule has 2 aromatic heterocycles. The maximum atomic E-state index is 13.6. The molecule has 0 atom stereocenters. The van der Waals surface area contributed by atoms with Crippen molar-refractivity contribution in [1.82, 2.24) is 20.1 Å². The molecule has 1 fully saturated rings. The zero-order chi connectivity index (χ0) is 27.8. The molecule has 0 bridgehead atoms. The smallest absolute Gasteiger partial charge is 0.274 e. The van der Waals surface area contributed by atoms with Crippen molar-refractivity contribution >= 4 is 50.5 Å². The summed E-state index contributed by atoms with van der Waals surface area (Å²) in [6.45, 7) is 8.10. The van der Waals surface area contributed by atoms with E-state index in [0.717, 1.165) is 0 Å². The number of benzene rings is 1. The lowest BCUT2D eigenvalue weighted by Crippen LogP contribution is -2.45. The summed E-state index contributed by atoms with van der Waals surface area (Å²) in [7, 11) is -3.13. The minimum absolute atomic E-state index is 0.0122. The number of hydrogen-bond acceptors (Lipinski definition) is 7. The van der Waals surface area contributed by atoms with Gasteiger partial charge in [0.1, 0.15) is 11.8 Å². The molecular formula is C25H27Cl2N5O5S. The molecule has 1 saturated heterocycles. The molecule has 1 aromatic carbocycles. The number of anilines is 1. The van der Waals surface area contributed by atoms with Crippen LogP contribution in [0.15, 0.2) is 36.5 Å². The lowest BCUT2D eigenvalue weighted by atomic mass is 9.96. The van der Waals surface area contributed by atoms with Crippen molar-refractivity contribution in [3.8, 4) is 11.7 Å². The van der Waals surface area contributed by atoms with Crippen LogP contribution in [0.4, 0.5) is 5.69 Å². The van der Waals surface area contributed by atoms with Crippen molar-refractivity contribution in [3.05, 3.63) is 63.4 Å². The van der Waals surface area contributed by atoms with Gasteiger partial charge in [0.25, 0.3) is 11.8 Å². The number of nitrogens with zero attached hydrogens (tertiary/aromatic N) is 3. The third-order valence-electron chi connectivity index (χ3n) is 5.59. The van der Waals surface area contributed by atoms with Gasteiger partial charge in [-0.05, 0) is 42.2 Å². The van der Waals surface area contributed by atoms with E-state index in [1.165, 1.54) is 23.0 Å². The van der Waals surface area contributed by atoms with Crippen LogP contribution in [-0.2, 0) is 9.84 Å². The first-order valence-electron chi connectivity index (χ1n) is 11.7. The van der Waals surface area contributed by atoms with E-state index >= 15 is 0 Å². The summed E-state index contributed by atoms with van der Waals surface area (Å²) in [6, 6.07) is 7.71. The highest BCUT2D eigenvalue weighted by molar-refractivity contribution is 7.92. The van der Waals surface area contributed by atoms with E-state index in [4.69, 9.17) is 27.9 Å². The number of hydrogen-bond donors (Lipinski definition) is 2. The second kappa shape index (κ2) is 10.5. The van der Waals surface area contributed by atoms with Gasteiger partial charge in [0.15, 0.2) is 15.7 Å². The fourth-order valence-corrected chi connectivity index (χ4v) is 5.38. The van der Waals surface area contributed by atoms with Crippen molar-refractivity contribution in [2.45, 2.75) is 33.8 Å². The summed E-state index contributed by atoms with van der Waals surface area (Å²) >= 11 is 12.6. The van der Waals surface area contributed by atoms with Gasteiger partial charge >= 0.3 is 0 Å². The molecule has 0 radical (unpaired) electrons. The number of nitrogens with one attached hydrogen (secondary N) is 2. The first-order chi connectivity index (χ1) is 17.7. The van der Waals surface area contributed by atoms with Crippen LogP contribution in [0.25, 0.3) is 5.82 Å². The molecule has 4 rings (SSSR count). The SMILES string of the molecule is Cc1cc(Cl)cc(C(=O)NCC(C)(C)C)c1NC(=O)c1cc(OC2CS(=O)(=O)C2)nn1-c1ncccc1Cl. The number of amides is 2. The van der Waals surface area contributed by atoms with Crippen molar-refractivity contribution < 1.29 is 22.7 Å². The second-order valence-electron chi connectivity index (χ2n) is 10.2. The average Bonchev–Trinajstić information content (AvgIpc) is 3.21. The van der Waals surface area contributed by atoms with Crippen LogP contribution in [0.5, 0.6) is 5.88 Å². The van der Waals surface area contributed by atoms with E-state index in [2.05, 4.69) is 20.7 Å². The van der Waals surface area contributed by atoms with E-state index in [9.17, 15) is 18.0 Å². The standard InChI is InChI=1S/C25H27Cl2N5O5S/c1-14-8-15(26)9-17(23(33)29-13-25(2,3)4)21(14)30-24(34)19-10-20(37-16-11-38(35,36)12-16)31-32(19)22-18(27)6-5-7-28-22/h5-10,16H,11-13H2,1-4H3,(H,29,33)(H,30,34). The molecule has 202 valence electrons. The molecule has 0 aliphatic carbocycles. The van der Waals surface area contributed by atoms with E-state index in [0.29, 0.717) is 17.1 Å². The van der Waals surface area contributed by atoms with Crippen molar-refractivity contribution in [3.63, 3.8) is 0 Å². The molecule has 2 amide bonds. The molecule has 10 nitrogen and oxygen atoms in total. The first-order valence-corrected chi connectivity index (χ1v) is 14.3. The fraction of sp³-hybridized carbons (Fsp3) is 0.360. The second-order valence-corrected chi connectivity index (χ2v) is 13.2. The van der Waals surface area contributed by atoms with Gasteiger partial charge in [-0.25, -0.2) is 18.1 Å². The number of sulfone groups is 1. The third-order valence-corrected chi connectivity index (χ3v) is 7.86. The quantitative estimate of drug-likeness (QED) is 0.430. The van der Waals surface area contributed by atoms with Crippen LogP contribution < -0.4 is 15.4 Å². The Morgan fingerprint density at radius 1 is 1.16 bits per heavy atom. The van der Waals surface area contributed by atoms with Crippen LogP contribution in [0.1, 0.15) is 47.2 Å². The molecule has 2 N–H and O–H groups in total. The molecule has 1 aliphatic rings. The summed E-state index contributed by atoms with van der Waals surface area (Å²) in [5.74, 6) is -1.08. The predicted octanol–water partition coefficient (Wildman–Crippen LogP) is 4.09. The van der Waals surface area contributed by atoms with E-state index < -0.39 is 27.8 Å². The van der Waals surface area contributed by atoms with Crippen molar-refractivity contribution in [1.29, 1.82) is 0 Å². The maximum absolute atomic E-state index is 13.6. The number of aromatic nitrogens is 3. The topological polar surface area (TPSA) is 132 Å². The molecule has 3 aromatic rings. The number of aryl methyl sites for hydroxylation is 1. The molecule has 0 saturated carbocycles. The molecular weight excluding hydrogens is 553 g/mol. The lowest BCUT2D eigenvalue weighted by molar-refractivity contribution is 0.0940. The molecule has 0 spiro atoms. The summed E-state index contributed by atoms with van der Waals surface area (Å²) < 4.78 is 30.0. The molecule has 3 heterocycles. The normalized spacial score (nSPS) is 15.0. The number of halogens is 2. The largest absolute Gasteiger partial charge is 0.471 e. The molecule has 1 aliphatic heterocycles. The van der Waals surface area contributed by atoms with Gasteiger partial charge in [-0.1, -0.05) is 44.0 Å². The Morgan fingerprint density at radius 2 is 1.87 bits per heavy atom. The molecule has 38 heavy (non-hydrogen) atoms. The highest BCUT2D eigenvalue weighted by atomic mass is 35.5. The van der Waals surface area contributed by atoms with Gasteiger partial charge in [0.2, 0.25) is 5.88 Å². The summed E-state index contributed by atoms with van der Waals surface area (Å²) in [4.78, 5) is 30.9. The van der Waals surface area contributed by atoms with E-state index in [1.807, 2.05) is 20.8 Å². The van der Waals surface area contributed by atoms with Gasteiger partial charge in [-0.15, -0.1) is 5.10 Å². The Kier molecular flexibility index (Phi) is 7.74. The van der Waals surface area contributed by atoms with Crippen molar-refractivity contribution in [2.75, 3.05) is 23.4 Å². The van der Waals surface area contributed by atoms with Crippen LogP contribution in [-0.4, -0.2) is 59.2 Å². The van der Waals surface area contributed by atoms with Gasteiger partial charge in [-0.2, -0.15) is 0 Å². The van der Waals surface area contributed by atoms with E-state index in [1.54, 1.807) is 25.1 Å². The van der Waals surface area contributed by atoms with Crippen LogP contribution >= 0.6 is 23.2 Å². The Bertz CT molecular complexity index is 1500. The Labute approximate surface area is 230 Å². The van der Waals surface area contributed by atoms with Gasteiger partial charge in [0, 0.05) is 23.8 Å². The number of ether oxygens (including phenoxy) is 1. The number of rotatable bonds is 7. The Hall–Kier alpha value is -3.15. The maximum Gasteiger partial charge on any atom is 0.274 e.